The molecule has 1 atom stereocenters. The number of carbonyl (C=O) groups excluding carboxylic acids is 1. The Morgan fingerprint density at radius 2 is 1.43 bits per heavy atom. The van der Waals surface area contributed by atoms with Crippen molar-refractivity contribution in [3.8, 4) is 5.75 Å². The molecule has 4 aromatic rings. The van der Waals surface area contributed by atoms with E-state index < -0.39 is 0 Å². The van der Waals surface area contributed by atoms with Crippen molar-refractivity contribution in [1.29, 1.82) is 0 Å². The highest BCUT2D eigenvalue weighted by Gasteiger charge is 2.20. The van der Waals surface area contributed by atoms with Gasteiger partial charge in [0.2, 0.25) is 5.91 Å². The molecule has 0 aliphatic heterocycles. The molecular weight excluding hydrogens is 370 g/mol. The lowest BCUT2D eigenvalue weighted by molar-refractivity contribution is -0.122. The smallest absolute Gasteiger partial charge is 0.227 e. The topological polar surface area (TPSA) is 38.3 Å². The molecule has 0 radical (unpaired) electrons. The van der Waals surface area contributed by atoms with Crippen LogP contribution in [0.2, 0.25) is 0 Å². The van der Waals surface area contributed by atoms with Crippen molar-refractivity contribution in [3.63, 3.8) is 0 Å². The van der Waals surface area contributed by atoms with Gasteiger partial charge in [-0.2, -0.15) is 0 Å². The number of fused-ring (bicyclic) bond motifs is 1. The number of hydrogen-bond acceptors (Lipinski definition) is 2. The Hall–Kier alpha value is -3.59. The highest BCUT2D eigenvalue weighted by atomic mass is 16.5. The van der Waals surface area contributed by atoms with E-state index in [1.54, 1.807) is 0 Å². The van der Waals surface area contributed by atoms with Crippen LogP contribution in [0.25, 0.3) is 10.8 Å². The summed E-state index contributed by atoms with van der Waals surface area (Å²) in [5, 5.41) is 5.28. The quantitative estimate of drug-likeness (QED) is 0.408. The summed E-state index contributed by atoms with van der Waals surface area (Å²) in [6.45, 7) is 0.882. The lowest BCUT2D eigenvalue weighted by atomic mass is 9.91. The first-order valence-electron chi connectivity index (χ1n) is 10.3. The highest BCUT2D eigenvalue weighted by Crippen LogP contribution is 2.25. The zero-order chi connectivity index (χ0) is 20.6. The normalized spacial score (nSPS) is 11.7. The molecule has 1 amide bonds. The van der Waals surface area contributed by atoms with E-state index in [4.69, 9.17) is 4.74 Å². The van der Waals surface area contributed by atoms with Gasteiger partial charge in [-0.25, -0.2) is 0 Å². The summed E-state index contributed by atoms with van der Waals surface area (Å²) in [7, 11) is 0. The maximum absolute atomic E-state index is 13.0. The first kappa shape index (κ1) is 19.7. The van der Waals surface area contributed by atoms with Gasteiger partial charge in [-0.1, -0.05) is 97.1 Å². The third-order valence-corrected chi connectivity index (χ3v) is 5.21. The first-order chi connectivity index (χ1) is 14.8. The maximum atomic E-state index is 13.0. The Labute approximate surface area is 177 Å². The standard InChI is InChI=1S/C27H25NO2/c29-27(25(23-12-5-2-6-13-23)20-21-10-3-1-4-11-21)28-18-19-30-26-17-9-15-22-14-7-8-16-24(22)26/h1-17,25H,18-20H2,(H,28,29)/t25-/m1/s1. The number of ether oxygens (including phenoxy) is 1. The summed E-state index contributed by atoms with van der Waals surface area (Å²) < 4.78 is 5.96. The van der Waals surface area contributed by atoms with Crippen LogP contribution < -0.4 is 10.1 Å². The van der Waals surface area contributed by atoms with Crippen molar-refractivity contribution in [2.75, 3.05) is 13.2 Å². The van der Waals surface area contributed by atoms with Crippen molar-refractivity contribution < 1.29 is 9.53 Å². The fourth-order valence-corrected chi connectivity index (χ4v) is 3.68. The van der Waals surface area contributed by atoms with Crippen molar-refractivity contribution in [2.45, 2.75) is 12.3 Å². The molecular formula is C27H25NO2. The Bertz CT molecular complexity index is 1090. The summed E-state index contributed by atoms with van der Waals surface area (Å²) in [5.41, 5.74) is 2.17. The van der Waals surface area contributed by atoms with Gasteiger partial charge in [0.05, 0.1) is 12.5 Å². The van der Waals surface area contributed by atoms with Crippen LogP contribution in [0.1, 0.15) is 17.0 Å². The minimum Gasteiger partial charge on any atom is -0.491 e. The van der Waals surface area contributed by atoms with E-state index in [0.29, 0.717) is 19.6 Å². The molecule has 0 aliphatic carbocycles. The summed E-state index contributed by atoms with van der Waals surface area (Å²) in [6.07, 6.45) is 0.668. The fourth-order valence-electron chi connectivity index (χ4n) is 3.68. The van der Waals surface area contributed by atoms with Gasteiger partial charge in [0.15, 0.2) is 0 Å². The molecule has 30 heavy (non-hydrogen) atoms. The van der Waals surface area contributed by atoms with Crippen LogP contribution in [-0.4, -0.2) is 19.1 Å². The second kappa shape index (κ2) is 9.75. The summed E-state index contributed by atoms with van der Waals surface area (Å²) in [4.78, 5) is 13.0. The van der Waals surface area contributed by atoms with Crippen LogP contribution in [0.4, 0.5) is 0 Å². The van der Waals surface area contributed by atoms with Gasteiger partial charge in [0, 0.05) is 5.39 Å². The van der Waals surface area contributed by atoms with Crippen LogP contribution in [0.15, 0.2) is 103 Å². The van der Waals surface area contributed by atoms with Gasteiger partial charge < -0.3 is 10.1 Å². The number of hydrogen-bond donors (Lipinski definition) is 1. The summed E-state index contributed by atoms with van der Waals surface area (Å²) in [5.74, 6) is 0.629. The van der Waals surface area contributed by atoms with Gasteiger partial charge >= 0.3 is 0 Å². The molecule has 4 aromatic carbocycles. The van der Waals surface area contributed by atoms with E-state index in [2.05, 4.69) is 35.6 Å². The molecule has 0 heterocycles. The fraction of sp³-hybridized carbons (Fsp3) is 0.148. The van der Waals surface area contributed by atoms with Crippen LogP contribution >= 0.6 is 0 Å². The van der Waals surface area contributed by atoms with Crippen LogP contribution in [-0.2, 0) is 11.2 Å². The van der Waals surface area contributed by atoms with E-state index >= 15 is 0 Å². The molecule has 0 spiro atoms. The average molecular weight is 396 g/mol. The van der Waals surface area contributed by atoms with Crippen molar-refractivity contribution in [3.05, 3.63) is 114 Å². The highest BCUT2D eigenvalue weighted by molar-refractivity contribution is 5.88. The van der Waals surface area contributed by atoms with Gasteiger partial charge in [-0.3, -0.25) is 4.79 Å². The predicted octanol–water partition coefficient (Wildman–Crippen LogP) is 5.36. The van der Waals surface area contributed by atoms with Crippen LogP contribution in [0.5, 0.6) is 5.75 Å². The predicted molar refractivity (Wildman–Crippen MR) is 122 cm³/mol. The molecule has 0 bridgehead atoms. The second-order valence-electron chi connectivity index (χ2n) is 7.27. The van der Waals surface area contributed by atoms with Gasteiger partial charge in [-0.05, 0) is 29.0 Å². The van der Waals surface area contributed by atoms with E-state index in [9.17, 15) is 4.79 Å². The number of amides is 1. The van der Waals surface area contributed by atoms with Crippen molar-refractivity contribution in [2.24, 2.45) is 0 Å². The van der Waals surface area contributed by atoms with Gasteiger partial charge in [-0.15, -0.1) is 0 Å². The molecule has 0 unspecified atom stereocenters. The molecule has 150 valence electrons. The van der Waals surface area contributed by atoms with Crippen molar-refractivity contribution >= 4 is 16.7 Å². The molecule has 0 saturated heterocycles. The number of nitrogens with one attached hydrogen (secondary N) is 1. The Kier molecular flexibility index (Phi) is 6.41. The van der Waals surface area contributed by atoms with E-state index in [0.717, 1.165) is 27.6 Å². The molecule has 0 fully saturated rings. The molecule has 4 rings (SSSR count). The SMILES string of the molecule is O=C(NCCOc1cccc2ccccc12)[C@H](Cc1ccccc1)c1ccccc1. The Balaban J connectivity index is 1.39. The summed E-state index contributed by atoms with van der Waals surface area (Å²) >= 11 is 0. The summed E-state index contributed by atoms with van der Waals surface area (Å²) in [6, 6.07) is 34.2. The largest absolute Gasteiger partial charge is 0.491 e. The second-order valence-corrected chi connectivity index (χ2v) is 7.27. The molecule has 3 heteroatoms. The third-order valence-electron chi connectivity index (χ3n) is 5.21. The van der Waals surface area contributed by atoms with E-state index in [1.807, 2.05) is 72.8 Å². The Morgan fingerprint density at radius 3 is 2.23 bits per heavy atom. The minimum absolute atomic E-state index is 0.0200. The number of rotatable bonds is 8. The molecule has 0 aromatic heterocycles. The maximum Gasteiger partial charge on any atom is 0.227 e. The molecule has 0 saturated carbocycles. The molecule has 1 N–H and O–H groups in total. The van der Waals surface area contributed by atoms with E-state index in [-0.39, 0.29) is 11.8 Å². The zero-order valence-corrected chi connectivity index (χ0v) is 16.8. The lowest BCUT2D eigenvalue weighted by Crippen LogP contribution is -2.33. The third kappa shape index (κ3) is 4.87. The van der Waals surface area contributed by atoms with E-state index in [1.165, 1.54) is 0 Å². The first-order valence-corrected chi connectivity index (χ1v) is 10.3. The Morgan fingerprint density at radius 1 is 0.767 bits per heavy atom. The molecule has 0 aliphatic rings. The van der Waals surface area contributed by atoms with Gasteiger partial charge in [0.1, 0.15) is 12.4 Å². The monoisotopic (exact) mass is 395 g/mol. The lowest BCUT2D eigenvalue weighted by Gasteiger charge is -2.18. The number of benzene rings is 4. The number of carbonyl (C=O) groups is 1. The van der Waals surface area contributed by atoms with Gasteiger partial charge in [0.25, 0.3) is 0 Å². The molecule has 3 nitrogen and oxygen atoms in total. The van der Waals surface area contributed by atoms with Crippen molar-refractivity contribution in [1.82, 2.24) is 5.32 Å². The zero-order valence-electron chi connectivity index (χ0n) is 16.8. The van der Waals surface area contributed by atoms with Crippen LogP contribution in [0, 0.1) is 0 Å². The van der Waals surface area contributed by atoms with Crippen LogP contribution in [0.3, 0.4) is 0 Å². The average Bonchev–Trinajstić information content (AvgIpc) is 2.81. The minimum atomic E-state index is -0.230.